The summed E-state index contributed by atoms with van der Waals surface area (Å²) in [6, 6.07) is 7.78. The molecule has 3 rings (SSSR count). The SMILES string of the molecule is CCc1nncn1CCNC(=NCc1ccc(Cl)cc1)NCC1CCCCO1. The number of rotatable bonds is 8. The van der Waals surface area contributed by atoms with Crippen LogP contribution in [0.25, 0.3) is 0 Å². The highest BCUT2D eigenvalue weighted by Gasteiger charge is 2.14. The highest BCUT2D eigenvalue weighted by Crippen LogP contribution is 2.12. The van der Waals surface area contributed by atoms with Gasteiger partial charge in [0.1, 0.15) is 12.2 Å². The Morgan fingerprint density at radius 3 is 2.89 bits per heavy atom. The van der Waals surface area contributed by atoms with Crippen LogP contribution in [0.4, 0.5) is 0 Å². The van der Waals surface area contributed by atoms with E-state index in [1.165, 1.54) is 6.42 Å². The summed E-state index contributed by atoms with van der Waals surface area (Å²) in [7, 11) is 0. The third-order valence-electron chi connectivity index (χ3n) is 4.76. The Bertz CT molecular complexity index is 739. The number of halogens is 1. The fourth-order valence-corrected chi connectivity index (χ4v) is 3.27. The van der Waals surface area contributed by atoms with Gasteiger partial charge in [0, 0.05) is 37.7 Å². The van der Waals surface area contributed by atoms with Crippen LogP contribution in [0.1, 0.15) is 37.6 Å². The van der Waals surface area contributed by atoms with Gasteiger partial charge in [-0.05, 0) is 37.0 Å². The molecule has 1 aromatic heterocycles. The molecule has 0 saturated carbocycles. The normalized spacial score (nSPS) is 17.5. The van der Waals surface area contributed by atoms with Gasteiger partial charge in [0.2, 0.25) is 0 Å². The predicted octanol–water partition coefficient (Wildman–Crippen LogP) is 2.80. The highest BCUT2D eigenvalue weighted by molar-refractivity contribution is 6.30. The molecule has 7 nitrogen and oxygen atoms in total. The van der Waals surface area contributed by atoms with Crippen molar-refractivity contribution in [2.45, 2.75) is 51.8 Å². The lowest BCUT2D eigenvalue weighted by atomic mass is 10.1. The number of nitrogens with zero attached hydrogens (tertiary/aromatic N) is 4. The van der Waals surface area contributed by atoms with Crippen molar-refractivity contribution in [3.05, 3.63) is 47.0 Å². The number of aliphatic imine (C=N–C) groups is 1. The molecule has 1 aliphatic rings. The fraction of sp³-hybridized carbons (Fsp3) is 0.550. The number of hydrogen-bond donors (Lipinski definition) is 2. The number of benzene rings is 1. The van der Waals surface area contributed by atoms with Crippen molar-refractivity contribution in [2.24, 2.45) is 4.99 Å². The predicted molar refractivity (Wildman–Crippen MR) is 112 cm³/mol. The van der Waals surface area contributed by atoms with Crippen molar-refractivity contribution in [3.63, 3.8) is 0 Å². The van der Waals surface area contributed by atoms with Crippen LogP contribution in [0.5, 0.6) is 0 Å². The molecule has 0 amide bonds. The summed E-state index contributed by atoms with van der Waals surface area (Å²) in [6.45, 7) is 5.81. The van der Waals surface area contributed by atoms with E-state index in [0.29, 0.717) is 6.54 Å². The molecule has 0 radical (unpaired) electrons. The number of aryl methyl sites for hydroxylation is 1. The zero-order valence-corrected chi connectivity index (χ0v) is 17.2. The van der Waals surface area contributed by atoms with Gasteiger partial charge in [-0.3, -0.25) is 0 Å². The van der Waals surface area contributed by atoms with E-state index in [-0.39, 0.29) is 6.10 Å². The van der Waals surface area contributed by atoms with Crippen molar-refractivity contribution in [2.75, 3.05) is 19.7 Å². The average Bonchev–Trinajstić information content (AvgIpc) is 3.19. The molecule has 2 heterocycles. The quantitative estimate of drug-likeness (QED) is 0.522. The Balaban J connectivity index is 1.55. The Morgan fingerprint density at radius 1 is 1.29 bits per heavy atom. The molecule has 0 aliphatic carbocycles. The Kier molecular flexibility index (Phi) is 8.11. The third-order valence-corrected chi connectivity index (χ3v) is 5.01. The zero-order chi connectivity index (χ0) is 19.6. The van der Waals surface area contributed by atoms with Crippen LogP contribution < -0.4 is 10.6 Å². The lowest BCUT2D eigenvalue weighted by Gasteiger charge is -2.24. The Labute approximate surface area is 171 Å². The first-order chi connectivity index (χ1) is 13.7. The van der Waals surface area contributed by atoms with E-state index < -0.39 is 0 Å². The van der Waals surface area contributed by atoms with Crippen molar-refractivity contribution in [1.82, 2.24) is 25.4 Å². The van der Waals surface area contributed by atoms with Gasteiger partial charge in [-0.1, -0.05) is 30.7 Å². The first kappa shape index (κ1) is 20.6. The zero-order valence-electron chi connectivity index (χ0n) is 16.4. The van der Waals surface area contributed by atoms with Crippen molar-refractivity contribution < 1.29 is 4.74 Å². The smallest absolute Gasteiger partial charge is 0.191 e. The molecule has 0 bridgehead atoms. The molecule has 1 atom stereocenters. The largest absolute Gasteiger partial charge is 0.376 e. The second-order valence-corrected chi connectivity index (χ2v) is 7.32. The van der Waals surface area contributed by atoms with Gasteiger partial charge in [-0.25, -0.2) is 4.99 Å². The summed E-state index contributed by atoms with van der Waals surface area (Å²) < 4.78 is 7.88. The highest BCUT2D eigenvalue weighted by atomic mass is 35.5. The van der Waals surface area contributed by atoms with Crippen LogP contribution in [-0.4, -0.2) is 46.5 Å². The van der Waals surface area contributed by atoms with Gasteiger partial charge in [0.25, 0.3) is 0 Å². The van der Waals surface area contributed by atoms with E-state index in [1.54, 1.807) is 6.33 Å². The van der Waals surface area contributed by atoms with Gasteiger partial charge in [0.15, 0.2) is 5.96 Å². The van der Waals surface area contributed by atoms with E-state index in [4.69, 9.17) is 21.3 Å². The first-order valence-corrected chi connectivity index (χ1v) is 10.4. The number of ether oxygens (including phenoxy) is 1. The standard InChI is InChI=1S/C20H29ClN6O/c1-2-19-26-25-15-27(19)11-10-22-20(24-14-18-5-3-4-12-28-18)23-13-16-6-8-17(21)9-7-16/h6-9,15,18H,2-5,10-14H2,1H3,(H2,22,23,24). The van der Waals surface area contributed by atoms with E-state index in [2.05, 4.69) is 32.3 Å². The second-order valence-electron chi connectivity index (χ2n) is 6.88. The molecule has 1 saturated heterocycles. The summed E-state index contributed by atoms with van der Waals surface area (Å²) in [5.74, 6) is 1.78. The molecule has 1 unspecified atom stereocenters. The molecule has 1 aromatic carbocycles. The van der Waals surface area contributed by atoms with Crippen LogP contribution in [0, 0.1) is 0 Å². The monoisotopic (exact) mass is 404 g/mol. The fourth-order valence-electron chi connectivity index (χ4n) is 3.15. The molecule has 1 fully saturated rings. The van der Waals surface area contributed by atoms with Crippen LogP contribution in [0.15, 0.2) is 35.6 Å². The number of hydrogen-bond acceptors (Lipinski definition) is 4. The maximum absolute atomic E-state index is 5.97. The Morgan fingerprint density at radius 2 is 2.14 bits per heavy atom. The van der Waals surface area contributed by atoms with Crippen LogP contribution in [0.3, 0.4) is 0 Å². The molecular weight excluding hydrogens is 376 g/mol. The Hall–Kier alpha value is -2.12. The lowest BCUT2D eigenvalue weighted by molar-refractivity contribution is 0.0194. The van der Waals surface area contributed by atoms with E-state index in [9.17, 15) is 0 Å². The van der Waals surface area contributed by atoms with E-state index >= 15 is 0 Å². The summed E-state index contributed by atoms with van der Waals surface area (Å²) in [6.07, 6.45) is 6.37. The van der Waals surface area contributed by atoms with Crippen LogP contribution >= 0.6 is 11.6 Å². The van der Waals surface area contributed by atoms with Gasteiger partial charge < -0.3 is 19.9 Å². The minimum absolute atomic E-state index is 0.251. The lowest BCUT2D eigenvalue weighted by Crippen LogP contribution is -2.43. The van der Waals surface area contributed by atoms with E-state index in [0.717, 1.165) is 67.9 Å². The maximum atomic E-state index is 5.97. The van der Waals surface area contributed by atoms with Gasteiger partial charge in [-0.2, -0.15) is 0 Å². The minimum atomic E-state index is 0.251. The van der Waals surface area contributed by atoms with Gasteiger partial charge in [-0.15, -0.1) is 10.2 Å². The molecular formula is C20H29ClN6O. The molecule has 8 heteroatoms. The summed E-state index contributed by atoms with van der Waals surface area (Å²) in [5.41, 5.74) is 1.12. The molecule has 28 heavy (non-hydrogen) atoms. The average molecular weight is 405 g/mol. The van der Waals surface area contributed by atoms with Gasteiger partial charge in [0.05, 0.1) is 12.6 Å². The molecule has 2 N–H and O–H groups in total. The van der Waals surface area contributed by atoms with Crippen LogP contribution in [-0.2, 0) is 24.2 Å². The minimum Gasteiger partial charge on any atom is -0.376 e. The number of aromatic nitrogens is 3. The summed E-state index contributed by atoms with van der Waals surface area (Å²) in [4.78, 5) is 4.72. The first-order valence-electron chi connectivity index (χ1n) is 9.99. The number of guanidine groups is 1. The molecule has 0 spiro atoms. The summed E-state index contributed by atoms with van der Waals surface area (Å²) in [5, 5.41) is 15.7. The molecule has 1 aliphatic heterocycles. The van der Waals surface area contributed by atoms with Crippen molar-refractivity contribution in [1.29, 1.82) is 0 Å². The van der Waals surface area contributed by atoms with E-state index in [1.807, 2.05) is 24.3 Å². The van der Waals surface area contributed by atoms with Crippen molar-refractivity contribution in [3.8, 4) is 0 Å². The van der Waals surface area contributed by atoms with Gasteiger partial charge >= 0.3 is 0 Å². The summed E-state index contributed by atoms with van der Waals surface area (Å²) >= 11 is 5.97. The second kappa shape index (κ2) is 11.0. The van der Waals surface area contributed by atoms with Crippen molar-refractivity contribution >= 4 is 17.6 Å². The van der Waals surface area contributed by atoms with Crippen LogP contribution in [0.2, 0.25) is 5.02 Å². The maximum Gasteiger partial charge on any atom is 0.191 e. The third kappa shape index (κ3) is 6.49. The number of nitrogens with one attached hydrogen (secondary N) is 2. The topological polar surface area (TPSA) is 76.4 Å². The molecule has 2 aromatic rings. The molecule has 152 valence electrons.